The van der Waals surface area contributed by atoms with Gasteiger partial charge in [-0.2, -0.15) is 0 Å². The number of rotatable bonds is 2. The van der Waals surface area contributed by atoms with Crippen LogP contribution in [-0.4, -0.2) is 35.4 Å². The predicted octanol–water partition coefficient (Wildman–Crippen LogP) is 2.86. The van der Waals surface area contributed by atoms with Crippen molar-refractivity contribution >= 4 is 11.8 Å². The average Bonchev–Trinajstić information content (AvgIpc) is 2.72. The third kappa shape index (κ3) is 1.99. The lowest BCUT2D eigenvalue weighted by Crippen LogP contribution is -2.62. The Balaban J connectivity index is 1.95. The van der Waals surface area contributed by atoms with Crippen LogP contribution in [0.5, 0.6) is 0 Å². The van der Waals surface area contributed by atoms with E-state index in [1.54, 1.807) is 0 Å². The van der Waals surface area contributed by atoms with Crippen LogP contribution in [0, 0.1) is 35.0 Å². The molecule has 4 aliphatic rings. The fourth-order valence-electron chi connectivity index (χ4n) is 6.57. The number of esters is 1. The molecule has 1 heterocycles. The van der Waals surface area contributed by atoms with Gasteiger partial charge in [-0.3, -0.25) is 4.79 Å². The van der Waals surface area contributed by atoms with Crippen LogP contribution < -0.4 is 0 Å². The van der Waals surface area contributed by atoms with Crippen LogP contribution in [0.25, 0.3) is 0 Å². The van der Waals surface area contributed by atoms with Crippen molar-refractivity contribution in [2.24, 2.45) is 35.0 Å². The number of hydrogen-bond donors (Lipinski definition) is 1. The molecule has 1 saturated heterocycles. The Morgan fingerprint density at radius 1 is 1.35 bits per heavy atom. The Bertz CT molecular complexity index is 697. The molecule has 0 spiro atoms. The van der Waals surface area contributed by atoms with E-state index in [-0.39, 0.29) is 23.5 Å². The quantitative estimate of drug-likeness (QED) is 0.765. The number of ether oxygens (including phenoxy) is 2. The van der Waals surface area contributed by atoms with Crippen molar-refractivity contribution in [2.75, 3.05) is 7.11 Å². The van der Waals surface area contributed by atoms with Crippen molar-refractivity contribution in [3.8, 4) is 0 Å². The van der Waals surface area contributed by atoms with Crippen LogP contribution in [0.3, 0.4) is 0 Å². The highest BCUT2D eigenvalue weighted by Crippen LogP contribution is 2.71. The zero-order valence-corrected chi connectivity index (χ0v) is 16.4. The normalized spacial score (nSPS) is 49.7. The lowest BCUT2D eigenvalue weighted by molar-refractivity contribution is -0.272. The van der Waals surface area contributed by atoms with Gasteiger partial charge < -0.3 is 14.6 Å². The molecule has 0 amide bonds. The summed E-state index contributed by atoms with van der Waals surface area (Å²) in [6.45, 7) is 8.13. The van der Waals surface area contributed by atoms with Crippen LogP contribution in [0.4, 0.5) is 0 Å². The van der Waals surface area contributed by atoms with Crippen LogP contribution in [-0.2, 0) is 19.1 Å². The summed E-state index contributed by atoms with van der Waals surface area (Å²) in [6.07, 6.45) is 4.89. The summed E-state index contributed by atoms with van der Waals surface area (Å²) in [5.74, 6) is -2.20. The van der Waals surface area contributed by atoms with Gasteiger partial charge in [0.1, 0.15) is 5.78 Å². The molecule has 4 rings (SSSR count). The smallest absolute Gasteiger partial charge is 0.334 e. The number of aliphatic hydroxyl groups is 1. The summed E-state index contributed by atoms with van der Waals surface area (Å²) < 4.78 is 11.5. The Labute approximate surface area is 155 Å². The number of carbonyl (C=O) groups excluding carboxylic acids is 2. The number of methoxy groups -OCH3 is 1. The number of hydrogen-bond acceptors (Lipinski definition) is 5. The maximum absolute atomic E-state index is 13.5. The van der Waals surface area contributed by atoms with Crippen LogP contribution in [0.15, 0.2) is 11.6 Å². The lowest BCUT2D eigenvalue weighted by Gasteiger charge is -2.54. The van der Waals surface area contributed by atoms with Crippen LogP contribution in [0.1, 0.15) is 53.4 Å². The first-order chi connectivity index (χ1) is 12.1. The zero-order valence-electron chi connectivity index (χ0n) is 16.4. The summed E-state index contributed by atoms with van der Waals surface area (Å²) >= 11 is 0. The third-order valence-corrected chi connectivity index (χ3v) is 7.81. The number of ketones is 1. The highest BCUT2D eigenvalue weighted by Gasteiger charge is 2.77. The molecule has 1 aliphatic heterocycles. The molecule has 5 heteroatoms. The molecule has 2 unspecified atom stereocenters. The van der Waals surface area contributed by atoms with Gasteiger partial charge in [0.2, 0.25) is 0 Å². The molecule has 3 aliphatic carbocycles. The molecule has 7 atom stereocenters. The maximum Gasteiger partial charge on any atom is 0.334 e. The highest BCUT2D eigenvalue weighted by atomic mass is 16.7. The minimum Gasteiger partial charge on any atom is -0.466 e. The summed E-state index contributed by atoms with van der Waals surface area (Å²) in [7, 11) is 1.35. The molecule has 2 saturated carbocycles. The van der Waals surface area contributed by atoms with Gasteiger partial charge in [-0.1, -0.05) is 34.1 Å². The second kappa shape index (κ2) is 5.41. The van der Waals surface area contributed by atoms with E-state index in [2.05, 4.69) is 6.92 Å². The monoisotopic (exact) mass is 362 g/mol. The van der Waals surface area contributed by atoms with Gasteiger partial charge in [0.15, 0.2) is 5.79 Å². The second-order valence-corrected chi connectivity index (χ2v) is 9.54. The van der Waals surface area contributed by atoms with Crippen LogP contribution in [0.2, 0.25) is 0 Å². The summed E-state index contributed by atoms with van der Waals surface area (Å²) in [5, 5.41) is 11.7. The summed E-state index contributed by atoms with van der Waals surface area (Å²) in [6, 6.07) is 0. The van der Waals surface area contributed by atoms with E-state index >= 15 is 0 Å². The van der Waals surface area contributed by atoms with E-state index in [0.717, 1.165) is 19.3 Å². The molecule has 144 valence electrons. The first kappa shape index (κ1) is 18.2. The van der Waals surface area contributed by atoms with Crippen LogP contribution >= 0.6 is 0 Å². The van der Waals surface area contributed by atoms with Gasteiger partial charge in [0.25, 0.3) is 0 Å². The minimum absolute atomic E-state index is 0.0478. The molecule has 0 aromatic carbocycles. The van der Waals surface area contributed by atoms with Gasteiger partial charge in [-0.05, 0) is 30.8 Å². The second-order valence-electron chi connectivity index (χ2n) is 9.54. The van der Waals surface area contributed by atoms with E-state index in [1.807, 2.05) is 26.8 Å². The molecule has 0 aromatic rings. The zero-order chi connectivity index (χ0) is 19.1. The standard InChI is InChI=1S/C21H30O5/c1-11(2)13-10-21(24)19(4)15-7-6-12(3)8-20(15,26-21)9-14(18(23)25-5)16(19)17(13)22/h9,11-13,15-16,24H,6-8,10H2,1-5H3/t12-,13+,15+,16+,19+,20?,21?/m1/s1. The number of carbonyl (C=O) groups is 2. The van der Waals surface area contributed by atoms with E-state index in [1.165, 1.54) is 7.11 Å². The molecule has 0 aromatic heterocycles. The minimum atomic E-state index is -1.39. The SMILES string of the molecule is COC(=O)C1=CC23C[C@H](C)CC[C@H]2[C@@]2(C)[C@@H]1C(=O)[C@H](C(C)C)CC2(O)O3. The molecule has 5 nitrogen and oxygen atoms in total. The highest BCUT2D eigenvalue weighted by molar-refractivity contribution is 6.00. The van der Waals surface area contributed by atoms with Crippen molar-refractivity contribution in [1.29, 1.82) is 0 Å². The van der Waals surface area contributed by atoms with Gasteiger partial charge in [-0.25, -0.2) is 4.79 Å². The largest absolute Gasteiger partial charge is 0.466 e. The van der Waals surface area contributed by atoms with E-state index in [9.17, 15) is 14.7 Å². The number of Topliss-reactive ketones (excluding diaryl/α,β-unsaturated/α-hetero) is 1. The Morgan fingerprint density at radius 2 is 2.04 bits per heavy atom. The first-order valence-electron chi connectivity index (χ1n) is 9.87. The Hall–Kier alpha value is -1.20. The molecular formula is C21H30O5. The van der Waals surface area contributed by atoms with Gasteiger partial charge >= 0.3 is 5.97 Å². The maximum atomic E-state index is 13.5. The van der Waals surface area contributed by atoms with Crippen molar-refractivity contribution < 1.29 is 24.2 Å². The van der Waals surface area contributed by atoms with E-state index in [0.29, 0.717) is 17.9 Å². The van der Waals surface area contributed by atoms with Crippen molar-refractivity contribution in [1.82, 2.24) is 0 Å². The molecule has 0 radical (unpaired) electrons. The van der Waals surface area contributed by atoms with E-state index < -0.39 is 28.7 Å². The Morgan fingerprint density at radius 3 is 2.65 bits per heavy atom. The van der Waals surface area contributed by atoms with Gasteiger partial charge in [0.05, 0.1) is 18.6 Å². The fourth-order valence-corrected chi connectivity index (χ4v) is 6.57. The molecule has 2 bridgehead atoms. The molecule has 26 heavy (non-hydrogen) atoms. The summed E-state index contributed by atoms with van der Waals surface area (Å²) in [5.41, 5.74) is -1.06. The van der Waals surface area contributed by atoms with Crippen molar-refractivity contribution in [3.63, 3.8) is 0 Å². The van der Waals surface area contributed by atoms with Gasteiger partial charge in [0, 0.05) is 29.2 Å². The van der Waals surface area contributed by atoms with Crippen molar-refractivity contribution in [2.45, 2.75) is 64.8 Å². The molecular weight excluding hydrogens is 332 g/mol. The lowest BCUT2D eigenvalue weighted by atomic mass is 9.46. The van der Waals surface area contributed by atoms with Crippen molar-refractivity contribution in [3.05, 3.63) is 11.6 Å². The van der Waals surface area contributed by atoms with E-state index in [4.69, 9.17) is 9.47 Å². The topological polar surface area (TPSA) is 72.8 Å². The average molecular weight is 362 g/mol. The third-order valence-electron chi connectivity index (χ3n) is 7.81. The fraction of sp³-hybridized carbons (Fsp3) is 0.810. The first-order valence-corrected chi connectivity index (χ1v) is 9.87. The predicted molar refractivity (Wildman–Crippen MR) is 94.9 cm³/mol. The summed E-state index contributed by atoms with van der Waals surface area (Å²) in [4.78, 5) is 26.1. The molecule has 1 N–H and O–H groups in total. The van der Waals surface area contributed by atoms with Gasteiger partial charge in [-0.15, -0.1) is 0 Å². The Kier molecular flexibility index (Phi) is 3.79. The molecule has 3 fully saturated rings.